The Morgan fingerprint density at radius 2 is 1.82 bits per heavy atom. The molecule has 0 unspecified atom stereocenters. The number of non-ortho nitro benzene ring substituents is 1. The van der Waals surface area contributed by atoms with Crippen molar-refractivity contribution in [3.8, 4) is 0 Å². The van der Waals surface area contributed by atoms with Gasteiger partial charge in [0.2, 0.25) is 5.78 Å². The third-order valence-electron chi connectivity index (χ3n) is 2.82. The molecule has 2 aromatic rings. The van der Waals surface area contributed by atoms with Crippen LogP contribution in [0.15, 0.2) is 58.3 Å². The number of benzene rings is 2. The van der Waals surface area contributed by atoms with Crippen molar-refractivity contribution in [2.45, 2.75) is 16.2 Å². The fourth-order valence-electron chi connectivity index (χ4n) is 1.78. The lowest BCUT2D eigenvalue weighted by Gasteiger charge is -2.08. The fourth-order valence-corrected chi connectivity index (χ4v) is 2.73. The summed E-state index contributed by atoms with van der Waals surface area (Å²) in [6.45, 7) is 0. The second kappa shape index (κ2) is 6.86. The lowest BCUT2D eigenvalue weighted by Crippen LogP contribution is -2.15. The standard InChI is InChI=1S/C15H11NO5S/c17-13(15(18)19)9-10-8-11(16(20)21)6-7-14(10)22-12-4-2-1-3-5-12/h1-8H,9H2,(H,18,19). The highest BCUT2D eigenvalue weighted by molar-refractivity contribution is 7.99. The molecule has 0 fully saturated rings. The van der Waals surface area contributed by atoms with Crippen molar-refractivity contribution in [2.24, 2.45) is 0 Å². The van der Waals surface area contributed by atoms with Crippen molar-refractivity contribution in [3.05, 3.63) is 64.2 Å². The van der Waals surface area contributed by atoms with E-state index in [0.29, 0.717) is 10.5 Å². The first kappa shape index (κ1) is 15.7. The van der Waals surface area contributed by atoms with E-state index in [1.807, 2.05) is 30.3 Å². The summed E-state index contributed by atoms with van der Waals surface area (Å²) in [5, 5.41) is 19.6. The first-order valence-electron chi connectivity index (χ1n) is 6.23. The molecule has 0 saturated carbocycles. The minimum Gasteiger partial charge on any atom is -0.475 e. The Morgan fingerprint density at radius 3 is 2.41 bits per heavy atom. The molecule has 0 heterocycles. The molecule has 0 spiro atoms. The van der Waals surface area contributed by atoms with Crippen molar-refractivity contribution in [3.63, 3.8) is 0 Å². The third kappa shape index (κ3) is 3.92. The highest BCUT2D eigenvalue weighted by Gasteiger charge is 2.18. The van der Waals surface area contributed by atoms with Crippen LogP contribution in [0, 0.1) is 10.1 Å². The van der Waals surface area contributed by atoms with Crippen LogP contribution < -0.4 is 0 Å². The van der Waals surface area contributed by atoms with Gasteiger partial charge in [0.1, 0.15) is 0 Å². The molecule has 0 radical (unpaired) electrons. The summed E-state index contributed by atoms with van der Waals surface area (Å²) in [5.74, 6) is -2.56. The van der Waals surface area contributed by atoms with Crippen molar-refractivity contribution in [1.82, 2.24) is 0 Å². The Hall–Kier alpha value is -2.67. The van der Waals surface area contributed by atoms with Crippen LogP contribution in [-0.4, -0.2) is 21.8 Å². The maximum Gasteiger partial charge on any atom is 0.372 e. The van der Waals surface area contributed by atoms with E-state index >= 15 is 0 Å². The SMILES string of the molecule is O=C(O)C(=O)Cc1cc([N+](=O)[O-])ccc1Sc1ccccc1. The van der Waals surface area contributed by atoms with Crippen LogP contribution in [0.5, 0.6) is 0 Å². The molecule has 0 aliphatic rings. The highest BCUT2D eigenvalue weighted by Crippen LogP contribution is 2.32. The van der Waals surface area contributed by atoms with Gasteiger partial charge < -0.3 is 5.11 Å². The Balaban J connectivity index is 2.37. The topological polar surface area (TPSA) is 97.5 Å². The molecular weight excluding hydrogens is 306 g/mol. The number of Topliss-reactive ketones (excluding diaryl/α,β-unsaturated/α-hetero) is 1. The third-order valence-corrected chi connectivity index (χ3v) is 3.94. The van der Waals surface area contributed by atoms with E-state index in [2.05, 4.69) is 0 Å². The number of hydrogen-bond donors (Lipinski definition) is 1. The average Bonchev–Trinajstić information content (AvgIpc) is 2.49. The number of nitrogens with zero attached hydrogens (tertiary/aromatic N) is 1. The van der Waals surface area contributed by atoms with Gasteiger partial charge in [0.05, 0.1) is 4.92 Å². The molecular formula is C15H11NO5S. The Bertz CT molecular complexity index is 730. The summed E-state index contributed by atoms with van der Waals surface area (Å²) in [6, 6.07) is 13.4. The first-order valence-corrected chi connectivity index (χ1v) is 7.05. The van der Waals surface area contributed by atoms with Gasteiger partial charge in [-0.2, -0.15) is 0 Å². The molecule has 1 N–H and O–H groups in total. The van der Waals surface area contributed by atoms with Crippen LogP contribution in [0.25, 0.3) is 0 Å². The molecule has 6 nitrogen and oxygen atoms in total. The molecule has 0 aliphatic heterocycles. The van der Waals surface area contributed by atoms with E-state index in [9.17, 15) is 19.7 Å². The van der Waals surface area contributed by atoms with Gasteiger partial charge in [-0.05, 0) is 23.8 Å². The van der Waals surface area contributed by atoms with E-state index < -0.39 is 16.7 Å². The van der Waals surface area contributed by atoms with E-state index in [0.717, 1.165) is 4.90 Å². The average molecular weight is 317 g/mol. The zero-order valence-corrected chi connectivity index (χ0v) is 12.1. The summed E-state index contributed by atoms with van der Waals surface area (Å²) in [7, 11) is 0. The fraction of sp³-hybridized carbons (Fsp3) is 0.0667. The lowest BCUT2D eigenvalue weighted by atomic mass is 10.1. The Labute approximate surface area is 129 Å². The van der Waals surface area contributed by atoms with Crippen molar-refractivity contribution in [2.75, 3.05) is 0 Å². The maximum atomic E-state index is 11.4. The van der Waals surface area contributed by atoms with Gasteiger partial charge in [-0.15, -0.1) is 0 Å². The van der Waals surface area contributed by atoms with Crippen LogP contribution in [0.3, 0.4) is 0 Å². The Kier molecular flexibility index (Phi) is 4.90. The predicted octanol–water partition coefficient (Wildman–Crippen LogP) is 2.94. The molecule has 0 atom stereocenters. The van der Waals surface area contributed by atoms with Crippen molar-refractivity contribution >= 4 is 29.2 Å². The smallest absolute Gasteiger partial charge is 0.372 e. The maximum absolute atomic E-state index is 11.4. The van der Waals surface area contributed by atoms with Crippen molar-refractivity contribution in [1.29, 1.82) is 0 Å². The van der Waals surface area contributed by atoms with Crippen molar-refractivity contribution < 1.29 is 19.6 Å². The lowest BCUT2D eigenvalue weighted by molar-refractivity contribution is -0.385. The minimum atomic E-state index is -1.55. The largest absolute Gasteiger partial charge is 0.475 e. The number of ketones is 1. The summed E-state index contributed by atoms with van der Waals surface area (Å²) in [5.41, 5.74) is 0.154. The number of carboxylic acid groups (broad SMARTS) is 1. The van der Waals surface area contributed by atoms with Crippen LogP contribution in [0.2, 0.25) is 0 Å². The molecule has 0 saturated heterocycles. The number of hydrogen-bond acceptors (Lipinski definition) is 5. The van der Waals surface area contributed by atoms with Gasteiger partial charge in [-0.1, -0.05) is 30.0 Å². The number of aliphatic carboxylic acids is 1. The molecule has 22 heavy (non-hydrogen) atoms. The molecule has 7 heteroatoms. The molecule has 0 aliphatic carbocycles. The zero-order valence-electron chi connectivity index (χ0n) is 11.3. The summed E-state index contributed by atoms with van der Waals surface area (Å²) < 4.78 is 0. The second-order valence-electron chi connectivity index (χ2n) is 4.37. The zero-order chi connectivity index (χ0) is 16.1. The van der Waals surface area contributed by atoms with Gasteiger partial charge in [-0.3, -0.25) is 14.9 Å². The number of nitro benzene ring substituents is 1. The number of carbonyl (C=O) groups is 2. The normalized spacial score (nSPS) is 10.2. The number of nitro groups is 1. The van der Waals surface area contributed by atoms with Gasteiger partial charge in [0, 0.05) is 28.3 Å². The van der Waals surface area contributed by atoms with Gasteiger partial charge in [0.15, 0.2) is 0 Å². The van der Waals surface area contributed by atoms with E-state index in [1.54, 1.807) is 0 Å². The second-order valence-corrected chi connectivity index (χ2v) is 5.48. The van der Waals surface area contributed by atoms with Crippen LogP contribution in [0.4, 0.5) is 5.69 Å². The quantitative estimate of drug-likeness (QED) is 0.500. The molecule has 2 rings (SSSR count). The molecule has 0 bridgehead atoms. The van der Waals surface area contributed by atoms with Crippen LogP contribution in [-0.2, 0) is 16.0 Å². The molecule has 2 aromatic carbocycles. The Morgan fingerprint density at radius 1 is 1.14 bits per heavy atom. The molecule has 0 aromatic heterocycles. The van der Waals surface area contributed by atoms with Crippen LogP contribution in [0.1, 0.15) is 5.56 Å². The summed E-state index contributed by atoms with van der Waals surface area (Å²) in [4.78, 5) is 33.9. The van der Waals surface area contributed by atoms with Crippen LogP contribution >= 0.6 is 11.8 Å². The highest BCUT2D eigenvalue weighted by atomic mass is 32.2. The minimum absolute atomic E-state index is 0.175. The summed E-state index contributed by atoms with van der Waals surface area (Å²) >= 11 is 1.32. The number of carbonyl (C=O) groups excluding carboxylic acids is 1. The molecule has 0 amide bonds. The van der Waals surface area contributed by atoms with Gasteiger partial charge in [0.25, 0.3) is 5.69 Å². The number of rotatable bonds is 6. The summed E-state index contributed by atoms with van der Waals surface area (Å²) in [6.07, 6.45) is -0.383. The van der Waals surface area contributed by atoms with E-state index in [1.165, 1.54) is 30.0 Å². The van der Waals surface area contributed by atoms with E-state index in [-0.39, 0.29) is 12.1 Å². The first-order chi connectivity index (χ1) is 10.5. The monoisotopic (exact) mass is 317 g/mol. The van der Waals surface area contributed by atoms with Gasteiger partial charge in [-0.25, -0.2) is 4.79 Å². The predicted molar refractivity (Wildman–Crippen MR) is 80.0 cm³/mol. The van der Waals surface area contributed by atoms with Gasteiger partial charge >= 0.3 is 5.97 Å². The number of carboxylic acids is 1. The molecule has 112 valence electrons. The van der Waals surface area contributed by atoms with E-state index in [4.69, 9.17) is 5.11 Å².